The average molecular weight is 462 g/mol. The number of sulfonamides is 1. The van der Waals surface area contributed by atoms with Crippen LogP contribution >= 0.6 is 0 Å². The maximum absolute atomic E-state index is 12.6. The number of aryl methyl sites for hydroxylation is 1. The van der Waals surface area contributed by atoms with Gasteiger partial charge >= 0.3 is 0 Å². The van der Waals surface area contributed by atoms with Crippen molar-refractivity contribution in [3.05, 3.63) is 89.7 Å². The van der Waals surface area contributed by atoms with Crippen LogP contribution in [0.4, 0.5) is 0 Å². The molecule has 1 aromatic heterocycles. The molecule has 0 saturated heterocycles. The molecule has 0 fully saturated rings. The zero-order valence-corrected chi connectivity index (χ0v) is 19.6. The largest absolute Gasteiger partial charge is 0.324 e. The molecule has 0 spiro atoms. The summed E-state index contributed by atoms with van der Waals surface area (Å²) in [5.41, 5.74) is 5.27. The minimum atomic E-state index is -3.65. The number of unbranched alkanes of at least 4 members (excludes halogenated alkanes) is 1. The molecule has 6 nitrogen and oxygen atoms in total. The average Bonchev–Trinajstić information content (AvgIpc) is 3.12. The lowest BCUT2D eigenvalue weighted by Gasteiger charge is -2.10. The number of nitrogens with zero attached hydrogens (tertiary/aromatic N) is 2. The predicted molar refractivity (Wildman–Crippen MR) is 132 cm³/mol. The Morgan fingerprint density at radius 2 is 1.67 bits per heavy atom. The third-order valence-electron chi connectivity index (χ3n) is 5.62. The van der Waals surface area contributed by atoms with Crippen LogP contribution in [0.15, 0.2) is 72.8 Å². The molecule has 1 heterocycles. The molecule has 0 unspecified atom stereocenters. The van der Waals surface area contributed by atoms with Gasteiger partial charge < -0.3 is 4.57 Å². The van der Waals surface area contributed by atoms with E-state index in [0.29, 0.717) is 18.5 Å². The summed E-state index contributed by atoms with van der Waals surface area (Å²) in [6, 6.07) is 23.6. The van der Waals surface area contributed by atoms with E-state index < -0.39 is 15.9 Å². The molecule has 0 saturated carbocycles. The van der Waals surface area contributed by atoms with Gasteiger partial charge in [0.1, 0.15) is 5.82 Å². The van der Waals surface area contributed by atoms with E-state index in [2.05, 4.69) is 46.1 Å². The smallest absolute Gasteiger partial charge is 0.264 e. The summed E-state index contributed by atoms with van der Waals surface area (Å²) in [4.78, 5) is 17.2. The number of amides is 1. The summed E-state index contributed by atoms with van der Waals surface area (Å²) in [6.45, 7) is 4.43. The van der Waals surface area contributed by atoms with E-state index in [4.69, 9.17) is 0 Å². The monoisotopic (exact) mass is 461 g/mol. The first-order valence-corrected chi connectivity index (χ1v) is 12.7. The molecule has 3 aromatic carbocycles. The van der Waals surface area contributed by atoms with Crippen molar-refractivity contribution in [3.63, 3.8) is 0 Å². The number of hydrogen-bond donors (Lipinski definition) is 1. The number of benzene rings is 3. The number of carbonyl (C=O) groups excluding carboxylic acids is 1. The molecule has 7 heteroatoms. The maximum atomic E-state index is 12.6. The van der Waals surface area contributed by atoms with Crippen molar-refractivity contribution in [1.82, 2.24) is 14.3 Å². The number of imidazole rings is 1. The standard InChI is InChI=1S/C26H27N3O3S/c1-3-4-16-33(31,32)28-26(30)23-14-15-24-25(17-23)29(19(2)27-24)18-20-10-12-22(13-11-20)21-8-6-5-7-9-21/h5-15,17H,3-4,16,18H2,1-2H3,(H,28,30). The highest BCUT2D eigenvalue weighted by Crippen LogP contribution is 2.22. The van der Waals surface area contributed by atoms with Crippen molar-refractivity contribution >= 4 is 27.0 Å². The van der Waals surface area contributed by atoms with Crippen molar-refractivity contribution in [2.45, 2.75) is 33.2 Å². The Labute approximate surface area is 194 Å². The molecular formula is C26H27N3O3S. The van der Waals surface area contributed by atoms with E-state index in [0.717, 1.165) is 40.0 Å². The lowest BCUT2D eigenvalue weighted by Crippen LogP contribution is -2.32. The van der Waals surface area contributed by atoms with E-state index in [-0.39, 0.29) is 5.75 Å². The molecule has 33 heavy (non-hydrogen) atoms. The van der Waals surface area contributed by atoms with Gasteiger partial charge in [0.25, 0.3) is 5.91 Å². The first-order chi connectivity index (χ1) is 15.9. The van der Waals surface area contributed by atoms with Gasteiger partial charge in [0.2, 0.25) is 10.0 Å². The van der Waals surface area contributed by atoms with Gasteiger partial charge in [-0.1, -0.05) is 67.9 Å². The van der Waals surface area contributed by atoms with E-state index in [1.54, 1.807) is 18.2 Å². The van der Waals surface area contributed by atoms with Gasteiger partial charge in [-0.15, -0.1) is 0 Å². The second kappa shape index (κ2) is 9.58. The van der Waals surface area contributed by atoms with Gasteiger partial charge in [0.05, 0.1) is 16.8 Å². The van der Waals surface area contributed by atoms with E-state index in [9.17, 15) is 13.2 Å². The molecule has 170 valence electrons. The Kier molecular flexibility index (Phi) is 6.60. The maximum Gasteiger partial charge on any atom is 0.264 e. The second-order valence-corrected chi connectivity index (χ2v) is 9.96. The Morgan fingerprint density at radius 3 is 2.36 bits per heavy atom. The fraction of sp³-hybridized carbons (Fsp3) is 0.231. The summed E-state index contributed by atoms with van der Waals surface area (Å²) in [5.74, 6) is 0.143. The lowest BCUT2D eigenvalue weighted by molar-refractivity contribution is 0.0981. The molecule has 0 radical (unpaired) electrons. The van der Waals surface area contributed by atoms with Gasteiger partial charge in [-0.2, -0.15) is 0 Å². The van der Waals surface area contributed by atoms with Gasteiger partial charge in [-0.25, -0.2) is 18.1 Å². The third kappa shape index (κ3) is 5.31. The van der Waals surface area contributed by atoms with Crippen LogP contribution in [-0.2, 0) is 16.6 Å². The molecule has 0 atom stereocenters. The van der Waals surface area contributed by atoms with Crippen LogP contribution in [0, 0.1) is 6.92 Å². The van der Waals surface area contributed by atoms with Crippen LogP contribution in [0.5, 0.6) is 0 Å². The Hall–Kier alpha value is -3.45. The van der Waals surface area contributed by atoms with Crippen molar-refractivity contribution in [2.24, 2.45) is 0 Å². The van der Waals surface area contributed by atoms with Crippen molar-refractivity contribution in [1.29, 1.82) is 0 Å². The topological polar surface area (TPSA) is 81.1 Å². The molecule has 0 aliphatic rings. The molecule has 0 aliphatic heterocycles. The van der Waals surface area contributed by atoms with Crippen LogP contribution in [-0.4, -0.2) is 29.6 Å². The Bertz CT molecular complexity index is 1380. The molecular weight excluding hydrogens is 434 g/mol. The van der Waals surface area contributed by atoms with Crippen LogP contribution in [0.1, 0.15) is 41.5 Å². The van der Waals surface area contributed by atoms with E-state index in [1.165, 1.54) is 0 Å². The molecule has 1 N–H and O–H groups in total. The van der Waals surface area contributed by atoms with Crippen molar-refractivity contribution in [3.8, 4) is 11.1 Å². The van der Waals surface area contributed by atoms with Gasteiger partial charge in [0.15, 0.2) is 0 Å². The summed E-state index contributed by atoms with van der Waals surface area (Å²) < 4.78 is 28.5. The third-order valence-corrected chi connectivity index (χ3v) is 6.94. The summed E-state index contributed by atoms with van der Waals surface area (Å²) in [6.07, 6.45) is 1.25. The van der Waals surface area contributed by atoms with Crippen molar-refractivity contribution < 1.29 is 13.2 Å². The first kappa shape index (κ1) is 22.7. The van der Waals surface area contributed by atoms with E-state index in [1.807, 2.05) is 36.6 Å². The van der Waals surface area contributed by atoms with E-state index >= 15 is 0 Å². The minimum absolute atomic E-state index is 0.0620. The molecule has 0 bridgehead atoms. The quantitative estimate of drug-likeness (QED) is 0.404. The van der Waals surface area contributed by atoms with Gasteiger partial charge in [-0.05, 0) is 48.2 Å². The zero-order chi connectivity index (χ0) is 23.4. The minimum Gasteiger partial charge on any atom is -0.324 e. The van der Waals surface area contributed by atoms with Gasteiger partial charge in [0, 0.05) is 12.1 Å². The highest BCUT2D eigenvalue weighted by molar-refractivity contribution is 7.90. The fourth-order valence-electron chi connectivity index (χ4n) is 3.79. The normalized spacial score (nSPS) is 11.6. The predicted octanol–water partition coefficient (Wildman–Crippen LogP) is 4.92. The fourth-order valence-corrected chi connectivity index (χ4v) is 4.96. The molecule has 4 rings (SSSR count). The zero-order valence-electron chi connectivity index (χ0n) is 18.8. The van der Waals surface area contributed by atoms with Crippen LogP contribution in [0.25, 0.3) is 22.2 Å². The number of carbonyl (C=O) groups is 1. The number of rotatable bonds is 8. The molecule has 1 amide bonds. The summed E-state index contributed by atoms with van der Waals surface area (Å²) >= 11 is 0. The summed E-state index contributed by atoms with van der Waals surface area (Å²) in [7, 11) is -3.65. The number of hydrogen-bond acceptors (Lipinski definition) is 4. The first-order valence-electron chi connectivity index (χ1n) is 11.0. The second-order valence-electron chi connectivity index (χ2n) is 8.12. The van der Waals surface area contributed by atoms with Crippen molar-refractivity contribution in [2.75, 3.05) is 5.75 Å². The molecule has 0 aliphatic carbocycles. The SMILES string of the molecule is CCCCS(=O)(=O)NC(=O)c1ccc2nc(C)n(Cc3ccc(-c4ccccc4)cc3)c2c1. The van der Waals surface area contributed by atoms with Crippen LogP contribution < -0.4 is 4.72 Å². The lowest BCUT2D eigenvalue weighted by atomic mass is 10.0. The number of fused-ring (bicyclic) bond motifs is 1. The summed E-state index contributed by atoms with van der Waals surface area (Å²) in [5, 5.41) is 0. The number of aromatic nitrogens is 2. The Morgan fingerprint density at radius 1 is 0.970 bits per heavy atom. The highest BCUT2D eigenvalue weighted by Gasteiger charge is 2.17. The van der Waals surface area contributed by atoms with Crippen LogP contribution in [0.3, 0.4) is 0 Å². The molecule has 4 aromatic rings. The highest BCUT2D eigenvalue weighted by atomic mass is 32.2. The van der Waals surface area contributed by atoms with Crippen LogP contribution in [0.2, 0.25) is 0 Å². The number of nitrogens with one attached hydrogen (secondary N) is 1. The van der Waals surface area contributed by atoms with Gasteiger partial charge in [-0.3, -0.25) is 4.79 Å². The Balaban J connectivity index is 1.58.